The topological polar surface area (TPSA) is 92.7 Å². The van der Waals surface area contributed by atoms with Crippen molar-refractivity contribution in [2.75, 3.05) is 19.5 Å². The highest BCUT2D eigenvalue weighted by Crippen LogP contribution is 2.03. The van der Waals surface area contributed by atoms with Crippen LogP contribution in [-0.4, -0.2) is 45.0 Å². The zero-order valence-electron chi connectivity index (χ0n) is 9.06. The average molecular weight is 239 g/mol. The fourth-order valence-electron chi connectivity index (χ4n) is 0.917. The molecule has 0 aliphatic heterocycles. The number of nitrogens with one attached hydrogen (secondary N) is 1. The van der Waals surface area contributed by atoms with Gasteiger partial charge in [-0.25, -0.2) is 13.1 Å². The van der Waals surface area contributed by atoms with E-state index in [1.54, 1.807) is 13.8 Å². The molecule has 0 aliphatic rings. The minimum Gasteiger partial charge on any atom is -0.480 e. The Morgan fingerprint density at radius 1 is 1.47 bits per heavy atom. The molecule has 0 unspecified atom stereocenters. The number of carbonyl (C=O) groups is 1. The minimum atomic E-state index is -3.59. The van der Waals surface area contributed by atoms with Crippen molar-refractivity contribution < 1.29 is 23.1 Å². The first kappa shape index (κ1) is 14.3. The largest absolute Gasteiger partial charge is 0.480 e. The molecule has 0 fully saturated rings. The van der Waals surface area contributed by atoms with Gasteiger partial charge in [0, 0.05) is 7.11 Å². The number of ether oxygens (including phenoxy) is 1. The summed E-state index contributed by atoms with van der Waals surface area (Å²) in [4.78, 5) is 10.7. The number of rotatable bonds is 7. The second kappa shape index (κ2) is 6.04. The molecule has 2 N–H and O–H groups in total. The van der Waals surface area contributed by atoms with Gasteiger partial charge in [-0.3, -0.25) is 4.79 Å². The fourth-order valence-corrected chi connectivity index (χ4v) is 2.18. The molecule has 0 radical (unpaired) electrons. The lowest BCUT2D eigenvalue weighted by Gasteiger charge is -2.17. The van der Waals surface area contributed by atoms with Gasteiger partial charge in [-0.15, -0.1) is 0 Å². The van der Waals surface area contributed by atoms with E-state index in [-0.39, 0.29) is 18.3 Å². The van der Waals surface area contributed by atoms with E-state index in [4.69, 9.17) is 5.11 Å². The zero-order valence-corrected chi connectivity index (χ0v) is 9.87. The Hall–Kier alpha value is -0.660. The highest BCUT2D eigenvalue weighted by atomic mass is 32.2. The third-order valence-corrected chi connectivity index (χ3v) is 3.11. The summed E-state index contributed by atoms with van der Waals surface area (Å²) in [7, 11) is -2.21. The van der Waals surface area contributed by atoms with Gasteiger partial charge in [0.15, 0.2) is 0 Å². The van der Waals surface area contributed by atoms with Crippen molar-refractivity contribution in [3.63, 3.8) is 0 Å². The second-order valence-electron chi connectivity index (χ2n) is 3.49. The van der Waals surface area contributed by atoms with Crippen molar-refractivity contribution in [2.24, 2.45) is 5.92 Å². The Morgan fingerprint density at radius 3 is 2.33 bits per heavy atom. The quantitative estimate of drug-likeness (QED) is 0.634. The molecule has 0 saturated carbocycles. The highest BCUT2D eigenvalue weighted by molar-refractivity contribution is 7.89. The van der Waals surface area contributed by atoms with Crippen LogP contribution in [0.15, 0.2) is 0 Å². The molecule has 0 saturated heterocycles. The maximum absolute atomic E-state index is 11.4. The summed E-state index contributed by atoms with van der Waals surface area (Å²) < 4.78 is 29.4. The molecule has 0 spiro atoms. The van der Waals surface area contributed by atoms with Gasteiger partial charge in [0.1, 0.15) is 6.04 Å². The van der Waals surface area contributed by atoms with Gasteiger partial charge in [-0.2, -0.15) is 0 Å². The van der Waals surface area contributed by atoms with E-state index in [9.17, 15) is 13.2 Å². The molecule has 0 aromatic heterocycles. The molecular weight excluding hydrogens is 222 g/mol. The summed E-state index contributed by atoms with van der Waals surface area (Å²) >= 11 is 0. The number of carboxylic acid groups (broad SMARTS) is 1. The molecular formula is C8H17NO5S. The predicted molar refractivity (Wildman–Crippen MR) is 55.1 cm³/mol. The van der Waals surface area contributed by atoms with E-state index >= 15 is 0 Å². The van der Waals surface area contributed by atoms with Crippen LogP contribution in [-0.2, 0) is 19.6 Å². The third kappa shape index (κ3) is 5.71. The van der Waals surface area contributed by atoms with E-state index in [2.05, 4.69) is 9.46 Å². The first-order chi connectivity index (χ1) is 6.80. The smallest absolute Gasteiger partial charge is 0.321 e. The van der Waals surface area contributed by atoms with Gasteiger partial charge >= 0.3 is 5.97 Å². The Bertz CT molecular complexity index is 298. The fraction of sp³-hybridized carbons (Fsp3) is 0.875. The standard InChI is InChI=1S/C8H17NO5S/c1-6(2)7(8(10)11)9-15(12,13)5-4-14-3/h6-7,9H,4-5H2,1-3H3,(H,10,11)/t7-/m1/s1. The van der Waals surface area contributed by atoms with Crippen molar-refractivity contribution in [3.05, 3.63) is 0 Å². The molecule has 90 valence electrons. The lowest BCUT2D eigenvalue weighted by atomic mass is 10.1. The van der Waals surface area contributed by atoms with Crippen molar-refractivity contribution in [1.29, 1.82) is 0 Å². The van der Waals surface area contributed by atoms with Gasteiger partial charge in [0.05, 0.1) is 12.4 Å². The number of hydrogen-bond acceptors (Lipinski definition) is 4. The maximum Gasteiger partial charge on any atom is 0.321 e. The second-order valence-corrected chi connectivity index (χ2v) is 5.36. The minimum absolute atomic E-state index is 0.0414. The summed E-state index contributed by atoms with van der Waals surface area (Å²) in [6, 6.07) is -1.09. The third-order valence-electron chi connectivity index (χ3n) is 1.80. The van der Waals surface area contributed by atoms with Crippen molar-refractivity contribution in [1.82, 2.24) is 4.72 Å². The molecule has 6 nitrogen and oxygen atoms in total. The Kier molecular flexibility index (Phi) is 5.77. The Labute approximate surface area is 89.7 Å². The highest BCUT2D eigenvalue weighted by Gasteiger charge is 2.26. The zero-order chi connectivity index (χ0) is 12.1. The van der Waals surface area contributed by atoms with Crippen molar-refractivity contribution >= 4 is 16.0 Å². The van der Waals surface area contributed by atoms with Crippen LogP contribution in [0.2, 0.25) is 0 Å². The van der Waals surface area contributed by atoms with Crippen LogP contribution in [0.25, 0.3) is 0 Å². The monoisotopic (exact) mass is 239 g/mol. The van der Waals surface area contributed by atoms with E-state index in [0.29, 0.717) is 0 Å². The molecule has 0 bridgehead atoms. The number of aliphatic carboxylic acids is 1. The summed E-state index contributed by atoms with van der Waals surface area (Å²) in [5.74, 6) is -1.72. The van der Waals surface area contributed by atoms with Crippen LogP contribution in [0.5, 0.6) is 0 Å². The van der Waals surface area contributed by atoms with Crippen LogP contribution in [0.4, 0.5) is 0 Å². The first-order valence-electron chi connectivity index (χ1n) is 4.52. The SMILES string of the molecule is COCCS(=O)(=O)N[C@@H](C(=O)O)C(C)C. The summed E-state index contributed by atoms with van der Waals surface area (Å²) in [6.45, 7) is 3.31. The number of carboxylic acids is 1. The molecule has 1 atom stereocenters. The average Bonchev–Trinajstić information content (AvgIpc) is 2.10. The lowest BCUT2D eigenvalue weighted by molar-refractivity contribution is -0.140. The molecule has 7 heteroatoms. The molecule has 0 aromatic carbocycles. The molecule has 0 heterocycles. The molecule has 0 aromatic rings. The number of hydrogen-bond donors (Lipinski definition) is 2. The van der Waals surface area contributed by atoms with Gasteiger partial charge in [0.25, 0.3) is 0 Å². The van der Waals surface area contributed by atoms with Crippen molar-refractivity contribution in [3.8, 4) is 0 Å². The van der Waals surface area contributed by atoms with E-state index in [1.165, 1.54) is 7.11 Å². The molecule has 0 amide bonds. The number of methoxy groups -OCH3 is 1. The van der Waals surface area contributed by atoms with E-state index in [1.807, 2.05) is 0 Å². The summed E-state index contributed by atoms with van der Waals surface area (Å²) in [5, 5.41) is 8.77. The Morgan fingerprint density at radius 2 is 2.00 bits per heavy atom. The van der Waals surface area contributed by atoms with Crippen LogP contribution >= 0.6 is 0 Å². The van der Waals surface area contributed by atoms with Gasteiger partial charge in [-0.1, -0.05) is 13.8 Å². The first-order valence-corrected chi connectivity index (χ1v) is 6.17. The van der Waals surface area contributed by atoms with Crippen LogP contribution in [0.3, 0.4) is 0 Å². The maximum atomic E-state index is 11.4. The van der Waals surface area contributed by atoms with E-state index in [0.717, 1.165) is 0 Å². The van der Waals surface area contributed by atoms with Gasteiger partial charge < -0.3 is 9.84 Å². The van der Waals surface area contributed by atoms with Crippen LogP contribution < -0.4 is 4.72 Å². The summed E-state index contributed by atoms with van der Waals surface area (Å²) in [6.07, 6.45) is 0. The van der Waals surface area contributed by atoms with Crippen molar-refractivity contribution in [2.45, 2.75) is 19.9 Å². The van der Waals surface area contributed by atoms with Crippen LogP contribution in [0, 0.1) is 5.92 Å². The predicted octanol–water partition coefficient (Wildman–Crippen LogP) is -0.339. The van der Waals surface area contributed by atoms with E-state index < -0.39 is 22.0 Å². The Balaban J connectivity index is 4.46. The molecule has 15 heavy (non-hydrogen) atoms. The normalized spacial score (nSPS) is 14.1. The molecule has 0 aliphatic carbocycles. The lowest BCUT2D eigenvalue weighted by Crippen LogP contribution is -2.45. The van der Waals surface area contributed by atoms with Crippen LogP contribution in [0.1, 0.15) is 13.8 Å². The molecule has 0 rings (SSSR count). The van der Waals surface area contributed by atoms with Gasteiger partial charge in [-0.05, 0) is 5.92 Å². The number of sulfonamides is 1. The summed E-state index contributed by atoms with van der Waals surface area (Å²) in [5.41, 5.74) is 0. The van der Waals surface area contributed by atoms with Gasteiger partial charge in [0.2, 0.25) is 10.0 Å².